The zero-order valence-electron chi connectivity index (χ0n) is 17.1. The maximum Gasteiger partial charge on any atom is 0.191 e. The second-order valence-corrected chi connectivity index (χ2v) is 7.13. The number of ether oxygens (including phenoxy) is 2. The van der Waals surface area contributed by atoms with Crippen molar-refractivity contribution < 1.29 is 9.47 Å². The fraction of sp³-hybridized carbons (Fsp3) is 0.550. The molecule has 0 saturated carbocycles. The molecule has 2 N–H and O–H groups in total. The number of rotatable bonds is 7. The topological polar surface area (TPSA) is 85.6 Å². The summed E-state index contributed by atoms with van der Waals surface area (Å²) in [6.45, 7) is 5.98. The molecule has 1 aliphatic heterocycles. The number of methoxy groups -OCH3 is 1. The van der Waals surface area contributed by atoms with Crippen LogP contribution in [0.25, 0.3) is 0 Å². The van der Waals surface area contributed by atoms with Crippen LogP contribution in [0.15, 0.2) is 29.3 Å². The molecule has 1 aromatic heterocycles. The Labute approximate surface area is 166 Å². The highest BCUT2D eigenvalue weighted by molar-refractivity contribution is 5.80. The average Bonchev–Trinajstić information content (AvgIpc) is 3.09. The molecule has 0 aliphatic carbocycles. The van der Waals surface area contributed by atoms with Gasteiger partial charge in [0.25, 0.3) is 0 Å². The molecular weight excluding hydrogens is 356 g/mol. The van der Waals surface area contributed by atoms with Crippen LogP contribution in [0, 0.1) is 6.92 Å². The molecule has 3 rings (SSSR count). The van der Waals surface area contributed by atoms with Gasteiger partial charge in [-0.3, -0.25) is 4.99 Å². The zero-order valence-corrected chi connectivity index (χ0v) is 17.1. The van der Waals surface area contributed by atoms with Gasteiger partial charge in [-0.1, -0.05) is 17.7 Å². The van der Waals surface area contributed by atoms with Crippen molar-refractivity contribution in [3.8, 4) is 5.75 Å². The number of aryl methyl sites for hydroxylation is 2. The highest BCUT2D eigenvalue weighted by Gasteiger charge is 2.22. The molecule has 0 bridgehead atoms. The Morgan fingerprint density at radius 3 is 2.86 bits per heavy atom. The van der Waals surface area contributed by atoms with Crippen molar-refractivity contribution in [3.63, 3.8) is 0 Å². The lowest BCUT2D eigenvalue weighted by molar-refractivity contribution is 0.177. The van der Waals surface area contributed by atoms with E-state index in [4.69, 9.17) is 9.47 Å². The summed E-state index contributed by atoms with van der Waals surface area (Å²) in [7, 11) is 3.44. The molecular formula is C20H30N6O2. The van der Waals surface area contributed by atoms with Crippen LogP contribution in [-0.4, -0.2) is 53.6 Å². The molecule has 0 amide bonds. The number of nitrogens with one attached hydrogen (secondary N) is 2. The minimum Gasteiger partial charge on any atom is -0.489 e. The van der Waals surface area contributed by atoms with E-state index in [9.17, 15) is 0 Å². The number of hydrogen-bond donors (Lipinski definition) is 2. The summed E-state index contributed by atoms with van der Waals surface area (Å²) in [5.74, 6) is 3.40. The van der Waals surface area contributed by atoms with Gasteiger partial charge < -0.3 is 20.1 Å². The summed E-state index contributed by atoms with van der Waals surface area (Å²) in [6.07, 6.45) is 1.89. The molecule has 0 radical (unpaired) electrons. The molecule has 28 heavy (non-hydrogen) atoms. The second kappa shape index (κ2) is 9.54. The van der Waals surface area contributed by atoms with Crippen LogP contribution in [0.1, 0.15) is 30.6 Å². The SMILES string of the molecule is CN=C(NCC(C)Oc1ccc(C)cc1)NC1CCc2nc(COC)nn2C1. The summed E-state index contributed by atoms with van der Waals surface area (Å²) < 4.78 is 13.0. The monoisotopic (exact) mass is 386 g/mol. The Morgan fingerprint density at radius 1 is 1.36 bits per heavy atom. The first kappa shape index (κ1) is 20.1. The third kappa shape index (κ3) is 5.45. The highest BCUT2D eigenvalue weighted by Crippen LogP contribution is 2.14. The molecule has 0 spiro atoms. The lowest BCUT2D eigenvalue weighted by Gasteiger charge is -2.26. The first-order valence-corrected chi connectivity index (χ1v) is 9.69. The molecule has 1 aromatic carbocycles. The van der Waals surface area contributed by atoms with E-state index in [1.54, 1.807) is 14.2 Å². The number of hydrogen-bond acceptors (Lipinski definition) is 5. The number of aliphatic imine (C=N–C) groups is 1. The molecule has 2 aromatic rings. The van der Waals surface area contributed by atoms with Gasteiger partial charge in [0.15, 0.2) is 11.8 Å². The van der Waals surface area contributed by atoms with E-state index in [1.807, 2.05) is 23.7 Å². The van der Waals surface area contributed by atoms with Gasteiger partial charge in [0.2, 0.25) is 0 Å². The molecule has 8 heteroatoms. The third-order valence-electron chi connectivity index (χ3n) is 4.66. The maximum atomic E-state index is 5.95. The van der Waals surface area contributed by atoms with Crippen LogP contribution >= 0.6 is 0 Å². The number of aromatic nitrogens is 3. The van der Waals surface area contributed by atoms with Crippen molar-refractivity contribution in [2.75, 3.05) is 20.7 Å². The van der Waals surface area contributed by atoms with Crippen molar-refractivity contribution in [1.29, 1.82) is 0 Å². The van der Waals surface area contributed by atoms with Gasteiger partial charge in [-0.15, -0.1) is 0 Å². The fourth-order valence-electron chi connectivity index (χ4n) is 3.19. The summed E-state index contributed by atoms with van der Waals surface area (Å²) in [4.78, 5) is 8.85. The highest BCUT2D eigenvalue weighted by atomic mass is 16.5. The minimum atomic E-state index is 0.0196. The van der Waals surface area contributed by atoms with Crippen LogP contribution < -0.4 is 15.4 Å². The normalized spacial score (nSPS) is 17.7. The van der Waals surface area contributed by atoms with Crippen LogP contribution in [0.5, 0.6) is 5.75 Å². The summed E-state index contributed by atoms with van der Waals surface area (Å²) in [5.41, 5.74) is 1.22. The lowest BCUT2D eigenvalue weighted by atomic mass is 10.1. The molecule has 152 valence electrons. The molecule has 2 unspecified atom stereocenters. The van der Waals surface area contributed by atoms with E-state index < -0.39 is 0 Å². The first-order chi connectivity index (χ1) is 13.6. The van der Waals surface area contributed by atoms with Crippen LogP contribution in [0.4, 0.5) is 0 Å². The minimum absolute atomic E-state index is 0.0196. The van der Waals surface area contributed by atoms with E-state index >= 15 is 0 Å². The van der Waals surface area contributed by atoms with Crippen LogP contribution in [0.3, 0.4) is 0 Å². The Bertz CT molecular complexity index is 786. The van der Waals surface area contributed by atoms with Gasteiger partial charge in [0.1, 0.15) is 24.3 Å². The predicted molar refractivity (Wildman–Crippen MR) is 109 cm³/mol. The molecule has 2 heterocycles. The van der Waals surface area contributed by atoms with Gasteiger partial charge in [-0.05, 0) is 32.4 Å². The fourth-order valence-corrected chi connectivity index (χ4v) is 3.19. The summed E-state index contributed by atoms with van der Waals surface area (Å²) >= 11 is 0. The van der Waals surface area contributed by atoms with E-state index in [0.29, 0.717) is 13.2 Å². The lowest BCUT2D eigenvalue weighted by Crippen LogP contribution is -2.48. The quantitative estimate of drug-likeness (QED) is 0.556. The van der Waals surface area contributed by atoms with Crippen molar-refractivity contribution in [2.45, 2.75) is 52.0 Å². The maximum absolute atomic E-state index is 5.95. The number of nitrogens with zero attached hydrogens (tertiary/aromatic N) is 4. The molecule has 2 atom stereocenters. The Morgan fingerprint density at radius 2 is 2.14 bits per heavy atom. The summed E-state index contributed by atoms with van der Waals surface area (Å²) in [5, 5.41) is 11.3. The van der Waals surface area contributed by atoms with Gasteiger partial charge in [-0.25, -0.2) is 9.67 Å². The summed E-state index contributed by atoms with van der Waals surface area (Å²) in [6, 6.07) is 8.35. The van der Waals surface area contributed by atoms with E-state index in [2.05, 4.69) is 44.8 Å². The van der Waals surface area contributed by atoms with Gasteiger partial charge in [-0.2, -0.15) is 5.10 Å². The molecule has 1 aliphatic rings. The predicted octanol–water partition coefficient (Wildman–Crippen LogP) is 1.68. The Balaban J connectivity index is 1.47. The Kier molecular flexibility index (Phi) is 6.86. The van der Waals surface area contributed by atoms with Gasteiger partial charge >= 0.3 is 0 Å². The number of guanidine groups is 1. The molecule has 0 fully saturated rings. The Hall–Kier alpha value is -2.61. The molecule has 8 nitrogen and oxygen atoms in total. The average molecular weight is 387 g/mol. The van der Waals surface area contributed by atoms with Gasteiger partial charge in [0.05, 0.1) is 13.1 Å². The van der Waals surface area contributed by atoms with Crippen molar-refractivity contribution in [1.82, 2.24) is 25.4 Å². The van der Waals surface area contributed by atoms with E-state index in [0.717, 1.165) is 42.7 Å². The van der Waals surface area contributed by atoms with Crippen LogP contribution in [-0.2, 0) is 24.3 Å². The van der Waals surface area contributed by atoms with E-state index in [-0.39, 0.29) is 12.1 Å². The van der Waals surface area contributed by atoms with Crippen molar-refractivity contribution >= 4 is 5.96 Å². The molecule has 0 saturated heterocycles. The second-order valence-electron chi connectivity index (χ2n) is 7.13. The zero-order chi connectivity index (χ0) is 19.9. The first-order valence-electron chi connectivity index (χ1n) is 9.69. The third-order valence-corrected chi connectivity index (χ3v) is 4.66. The smallest absolute Gasteiger partial charge is 0.191 e. The van der Waals surface area contributed by atoms with E-state index in [1.165, 1.54) is 5.56 Å². The number of fused-ring (bicyclic) bond motifs is 1. The van der Waals surface area contributed by atoms with Crippen molar-refractivity contribution in [3.05, 3.63) is 41.5 Å². The van der Waals surface area contributed by atoms with Gasteiger partial charge in [0, 0.05) is 26.6 Å². The van der Waals surface area contributed by atoms with Crippen molar-refractivity contribution in [2.24, 2.45) is 4.99 Å². The van der Waals surface area contributed by atoms with Crippen LogP contribution in [0.2, 0.25) is 0 Å². The largest absolute Gasteiger partial charge is 0.489 e. The number of benzene rings is 1. The standard InChI is InChI=1S/C20H30N6O2/c1-14-5-8-17(9-6-14)28-15(2)11-22-20(21-3)23-16-7-10-19-24-18(13-27-4)25-26(19)12-16/h5-6,8-9,15-16H,7,10-13H2,1-4H3,(H2,21,22,23).